The quantitative estimate of drug-likeness (QED) is 0.446. The Morgan fingerprint density at radius 2 is 1.84 bits per heavy atom. The molecule has 0 aliphatic rings. The van der Waals surface area contributed by atoms with Crippen LogP contribution in [0.15, 0.2) is 45.3 Å². The molecule has 0 radical (unpaired) electrons. The topological polar surface area (TPSA) is 107 Å². The average molecular weight is 433 g/mol. The van der Waals surface area contributed by atoms with Crippen molar-refractivity contribution in [2.45, 2.75) is 40.7 Å². The highest BCUT2D eigenvalue weighted by Gasteiger charge is 2.25. The van der Waals surface area contributed by atoms with Crippen molar-refractivity contribution < 1.29 is 23.3 Å². The first-order chi connectivity index (χ1) is 15.2. The molecule has 0 saturated carbocycles. The van der Waals surface area contributed by atoms with Crippen LogP contribution >= 0.6 is 0 Å². The fraction of sp³-hybridized carbons (Fsp3) is 0.250. The number of para-hydroxylation sites is 1. The van der Waals surface area contributed by atoms with Gasteiger partial charge in [-0.25, -0.2) is 9.78 Å². The fourth-order valence-electron chi connectivity index (χ4n) is 3.50. The van der Waals surface area contributed by atoms with E-state index in [9.17, 15) is 9.59 Å². The van der Waals surface area contributed by atoms with Crippen molar-refractivity contribution in [1.29, 1.82) is 0 Å². The third-order valence-electron chi connectivity index (χ3n) is 5.21. The van der Waals surface area contributed by atoms with Crippen molar-refractivity contribution in [2.75, 3.05) is 5.32 Å². The Morgan fingerprint density at radius 3 is 2.53 bits per heavy atom. The van der Waals surface area contributed by atoms with E-state index in [0.29, 0.717) is 28.2 Å². The van der Waals surface area contributed by atoms with Gasteiger partial charge in [-0.05, 0) is 58.4 Å². The summed E-state index contributed by atoms with van der Waals surface area (Å²) in [5.74, 6) is 0.284. The molecule has 32 heavy (non-hydrogen) atoms. The summed E-state index contributed by atoms with van der Waals surface area (Å²) in [7, 11) is 0. The van der Waals surface area contributed by atoms with Crippen LogP contribution in [0.1, 0.15) is 40.1 Å². The van der Waals surface area contributed by atoms with Crippen molar-refractivity contribution in [3.8, 4) is 11.3 Å². The van der Waals surface area contributed by atoms with Crippen LogP contribution in [0.2, 0.25) is 0 Å². The highest BCUT2D eigenvalue weighted by molar-refractivity contribution is 6.05. The molecule has 8 nitrogen and oxygen atoms in total. The minimum Gasteiger partial charge on any atom is -0.466 e. The minimum absolute atomic E-state index is 0.210. The number of ether oxygens (including phenoxy) is 1. The van der Waals surface area contributed by atoms with E-state index in [1.807, 2.05) is 45.0 Å². The van der Waals surface area contributed by atoms with Crippen LogP contribution < -0.4 is 5.32 Å². The van der Waals surface area contributed by atoms with Gasteiger partial charge in [0.05, 0.1) is 22.3 Å². The summed E-state index contributed by atoms with van der Waals surface area (Å²) in [5.41, 5.74) is 3.73. The van der Waals surface area contributed by atoms with Gasteiger partial charge in [-0.2, -0.15) is 0 Å². The van der Waals surface area contributed by atoms with Crippen LogP contribution in [-0.2, 0) is 9.53 Å². The molecule has 1 N–H and O–H groups in total. The van der Waals surface area contributed by atoms with Gasteiger partial charge >= 0.3 is 5.97 Å². The molecule has 8 heteroatoms. The maximum Gasteiger partial charge on any atom is 0.339 e. The summed E-state index contributed by atoms with van der Waals surface area (Å²) in [6.07, 6.45) is -1.02. The Labute approximate surface area is 184 Å². The summed E-state index contributed by atoms with van der Waals surface area (Å²) < 4.78 is 16.4. The molecular formula is C24H23N3O5. The Kier molecular flexibility index (Phi) is 5.52. The van der Waals surface area contributed by atoms with Gasteiger partial charge in [-0.1, -0.05) is 23.4 Å². The van der Waals surface area contributed by atoms with Crippen LogP contribution in [0.5, 0.6) is 0 Å². The second kappa shape index (κ2) is 8.30. The predicted octanol–water partition coefficient (Wildman–Crippen LogP) is 4.90. The number of anilines is 1. The highest BCUT2D eigenvalue weighted by Crippen LogP contribution is 2.31. The first kappa shape index (κ1) is 21.3. The zero-order valence-corrected chi connectivity index (χ0v) is 18.5. The number of carbonyl (C=O) groups is 2. The summed E-state index contributed by atoms with van der Waals surface area (Å²) >= 11 is 0. The first-order valence-corrected chi connectivity index (χ1v) is 10.2. The summed E-state index contributed by atoms with van der Waals surface area (Å²) in [4.78, 5) is 30.2. The maximum absolute atomic E-state index is 13.1. The van der Waals surface area contributed by atoms with E-state index in [0.717, 1.165) is 16.9 Å². The monoisotopic (exact) mass is 433 g/mol. The number of pyridine rings is 1. The Hall–Kier alpha value is -3.94. The highest BCUT2D eigenvalue weighted by atomic mass is 16.5. The molecular weight excluding hydrogens is 410 g/mol. The predicted molar refractivity (Wildman–Crippen MR) is 118 cm³/mol. The molecule has 0 bridgehead atoms. The smallest absolute Gasteiger partial charge is 0.339 e. The lowest BCUT2D eigenvalue weighted by molar-refractivity contribution is -0.123. The number of fused-ring (bicyclic) bond motifs is 1. The number of amides is 1. The zero-order chi connectivity index (χ0) is 23.0. The molecule has 1 amide bonds. The average Bonchev–Trinajstić information content (AvgIpc) is 3.30. The Balaban J connectivity index is 1.64. The van der Waals surface area contributed by atoms with Gasteiger partial charge in [0.15, 0.2) is 6.10 Å². The van der Waals surface area contributed by atoms with E-state index in [1.54, 1.807) is 19.1 Å². The van der Waals surface area contributed by atoms with Gasteiger partial charge in [0, 0.05) is 11.3 Å². The van der Waals surface area contributed by atoms with E-state index in [1.165, 1.54) is 6.92 Å². The Morgan fingerprint density at radius 1 is 1.09 bits per heavy atom. The summed E-state index contributed by atoms with van der Waals surface area (Å²) in [6.45, 7) is 8.77. The number of aromatic nitrogens is 2. The molecule has 164 valence electrons. The van der Waals surface area contributed by atoms with Crippen LogP contribution in [0.4, 0.5) is 5.69 Å². The van der Waals surface area contributed by atoms with Gasteiger partial charge in [0.1, 0.15) is 11.5 Å². The minimum atomic E-state index is -1.02. The number of aryl methyl sites for hydroxylation is 4. The molecule has 4 rings (SSSR count). The molecule has 3 heterocycles. The maximum atomic E-state index is 13.1. The molecule has 1 unspecified atom stereocenters. The molecule has 1 atom stereocenters. The summed E-state index contributed by atoms with van der Waals surface area (Å²) in [6, 6.07) is 10.8. The largest absolute Gasteiger partial charge is 0.466 e. The lowest BCUT2D eigenvalue weighted by Gasteiger charge is -2.15. The number of benzene rings is 1. The SMILES string of the molecule is Cc1cc(-c2cc(C(=O)OC(C)C(=O)Nc3ccccc3C)c3c(C)noc3n2)c(C)o1. The first-order valence-electron chi connectivity index (χ1n) is 10.2. The standard InChI is InChI=1S/C24H23N3O5/c1-12-8-6-7-9-19(12)25-22(28)16(5)31-24(29)18-11-20(17-10-13(2)30-15(17)4)26-23-21(18)14(3)27-32-23/h6-11,16H,1-5H3,(H,25,28). The fourth-order valence-corrected chi connectivity index (χ4v) is 3.50. The second-order valence-electron chi connectivity index (χ2n) is 7.68. The van der Waals surface area contributed by atoms with E-state index < -0.39 is 18.0 Å². The molecule has 0 saturated heterocycles. The number of hydrogen-bond donors (Lipinski definition) is 1. The molecule has 0 spiro atoms. The number of furan rings is 1. The zero-order valence-electron chi connectivity index (χ0n) is 18.5. The molecule has 0 aliphatic heterocycles. The molecule has 0 fully saturated rings. The number of rotatable bonds is 5. The van der Waals surface area contributed by atoms with Gasteiger partial charge in [-0.3, -0.25) is 4.79 Å². The normalized spacial score (nSPS) is 12.0. The number of carbonyl (C=O) groups excluding carboxylic acids is 2. The molecule has 0 aliphatic carbocycles. The third kappa shape index (κ3) is 3.99. The van der Waals surface area contributed by atoms with E-state index in [-0.39, 0.29) is 11.3 Å². The van der Waals surface area contributed by atoms with E-state index >= 15 is 0 Å². The Bertz CT molecular complexity index is 1330. The van der Waals surface area contributed by atoms with Gasteiger partial charge in [0.25, 0.3) is 11.6 Å². The lowest BCUT2D eigenvalue weighted by atomic mass is 10.1. The van der Waals surface area contributed by atoms with Gasteiger partial charge < -0.3 is 19.0 Å². The van der Waals surface area contributed by atoms with Crippen molar-refractivity contribution in [1.82, 2.24) is 10.1 Å². The van der Waals surface area contributed by atoms with Gasteiger partial charge in [0.2, 0.25) is 0 Å². The van der Waals surface area contributed by atoms with Crippen molar-refractivity contribution in [2.24, 2.45) is 0 Å². The van der Waals surface area contributed by atoms with Crippen LogP contribution in [-0.4, -0.2) is 28.1 Å². The van der Waals surface area contributed by atoms with Gasteiger partial charge in [-0.15, -0.1) is 0 Å². The number of hydrogen-bond acceptors (Lipinski definition) is 7. The van der Waals surface area contributed by atoms with Crippen molar-refractivity contribution >= 4 is 28.7 Å². The number of esters is 1. The third-order valence-corrected chi connectivity index (χ3v) is 5.21. The molecule has 4 aromatic rings. The molecule has 3 aromatic heterocycles. The van der Waals surface area contributed by atoms with Crippen LogP contribution in [0.25, 0.3) is 22.4 Å². The number of nitrogens with zero attached hydrogens (tertiary/aromatic N) is 2. The number of nitrogens with one attached hydrogen (secondary N) is 1. The lowest BCUT2D eigenvalue weighted by Crippen LogP contribution is -2.30. The summed E-state index contributed by atoms with van der Waals surface area (Å²) in [5, 5.41) is 7.17. The van der Waals surface area contributed by atoms with E-state index in [4.69, 9.17) is 13.7 Å². The molecule has 1 aromatic carbocycles. The van der Waals surface area contributed by atoms with Crippen molar-refractivity contribution in [3.63, 3.8) is 0 Å². The van der Waals surface area contributed by atoms with Crippen LogP contribution in [0.3, 0.4) is 0 Å². The van der Waals surface area contributed by atoms with Crippen LogP contribution in [0, 0.1) is 27.7 Å². The second-order valence-corrected chi connectivity index (χ2v) is 7.68. The van der Waals surface area contributed by atoms with Crippen molar-refractivity contribution in [3.05, 3.63) is 64.7 Å². The van der Waals surface area contributed by atoms with E-state index in [2.05, 4.69) is 15.5 Å².